The van der Waals surface area contributed by atoms with E-state index < -0.39 is 11.7 Å². The van der Waals surface area contributed by atoms with Gasteiger partial charge >= 0.3 is 6.18 Å². The molecule has 96 valence electrons. The molecule has 0 atom stereocenters. The lowest BCUT2D eigenvalue weighted by molar-refractivity contribution is -0.137. The zero-order valence-electron chi connectivity index (χ0n) is 9.98. The minimum Gasteiger partial charge on any atom is -0.385 e. The van der Waals surface area contributed by atoms with Crippen LogP contribution in [0, 0.1) is 0 Å². The molecule has 1 rings (SSSR count). The van der Waals surface area contributed by atoms with Crippen LogP contribution in [0.2, 0.25) is 0 Å². The van der Waals surface area contributed by atoms with Crippen molar-refractivity contribution < 1.29 is 13.2 Å². The van der Waals surface area contributed by atoms with Crippen LogP contribution in [0.5, 0.6) is 0 Å². The smallest absolute Gasteiger partial charge is 0.385 e. The molecule has 17 heavy (non-hydrogen) atoms. The second kappa shape index (κ2) is 6.52. The molecule has 0 fully saturated rings. The zero-order valence-corrected chi connectivity index (χ0v) is 9.98. The summed E-state index contributed by atoms with van der Waals surface area (Å²) < 4.78 is 36.9. The molecule has 0 unspecified atom stereocenters. The first kappa shape index (κ1) is 13.9. The van der Waals surface area contributed by atoms with E-state index >= 15 is 0 Å². The molecule has 1 aromatic rings. The average molecular weight is 245 g/mol. The lowest BCUT2D eigenvalue weighted by Crippen LogP contribution is -2.05. The zero-order chi connectivity index (χ0) is 12.7. The van der Waals surface area contributed by atoms with Crippen molar-refractivity contribution in [2.75, 3.05) is 11.9 Å². The highest BCUT2D eigenvalue weighted by Gasteiger charge is 2.29. The van der Waals surface area contributed by atoms with Crippen LogP contribution >= 0.6 is 0 Å². The van der Waals surface area contributed by atoms with Gasteiger partial charge in [-0.15, -0.1) is 0 Å². The van der Waals surface area contributed by atoms with Crippen molar-refractivity contribution in [1.82, 2.24) is 0 Å². The van der Waals surface area contributed by atoms with Crippen LogP contribution < -0.4 is 5.32 Å². The van der Waals surface area contributed by atoms with Crippen molar-refractivity contribution in [1.29, 1.82) is 0 Å². The first-order chi connectivity index (χ1) is 8.04. The molecule has 0 aliphatic heterocycles. The van der Waals surface area contributed by atoms with Gasteiger partial charge in [-0.05, 0) is 30.7 Å². The summed E-state index contributed by atoms with van der Waals surface area (Å²) >= 11 is 0. The molecule has 0 radical (unpaired) electrons. The highest BCUT2D eigenvalue weighted by molar-refractivity contribution is 5.44. The van der Waals surface area contributed by atoms with Crippen LogP contribution in [-0.2, 0) is 6.18 Å². The maximum absolute atomic E-state index is 12.3. The number of alkyl halides is 3. The minimum absolute atomic E-state index is 0.603. The summed E-state index contributed by atoms with van der Waals surface area (Å²) in [6, 6.07) is 5.16. The predicted molar refractivity (Wildman–Crippen MR) is 64.1 cm³/mol. The predicted octanol–water partition coefficient (Wildman–Crippen LogP) is 4.70. The number of hydrogen-bond donors (Lipinski definition) is 1. The van der Waals surface area contributed by atoms with Crippen LogP contribution in [0.25, 0.3) is 0 Å². The molecule has 0 aromatic heterocycles. The summed E-state index contributed by atoms with van der Waals surface area (Å²) in [5.41, 5.74) is 0.142. The first-order valence-corrected chi connectivity index (χ1v) is 5.95. The summed E-state index contributed by atoms with van der Waals surface area (Å²) in [5.74, 6) is 0. The van der Waals surface area contributed by atoms with Gasteiger partial charge in [0.05, 0.1) is 5.56 Å². The van der Waals surface area contributed by atoms with Crippen molar-refractivity contribution in [2.24, 2.45) is 0 Å². The molecular formula is C13H18F3N. The summed E-state index contributed by atoms with van der Waals surface area (Å²) in [7, 11) is 0. The fraction of sp³-hybridized carbons (Fsp3) is 0.538. The van der Waals surface area contributed by atoms with Gasteiger partial charge < -0.3 is 5.32 Å². The maximum atomic E-state index is 12.3. The third kappa shape index (κ3) is 5.11. The fourth-order valence-electron chi connectivity index (χ4n) is 1.56. The van der Waals surface area contributed by atoms with E-state index in [0.717, 1.165) is 37.2 Å². The Morgan fingerprint density at radius 1 is 1.00 bits per heavy atom. The second-order valence-corrected chi connectivity index (χ2v) is 4.06. The minimum atomic E-state index is -4.25. The SMILES string of the molecule is CCCCCCNc1ccc(C(F)(F)F)cc1. The summed E-state index contributed by atoms with van der Waals surface area (Å²) in [4.78, 5) is 0. The van der Waals surface area contributed by atoms with Crippen molar-refractivity contribution in [3.63, 3.8) is 0 Å². The number of unbranched alkanes of at least 4 members (excludes halogenated alkanes) is 3. The standard InChI is InChI=1S/C13H18F3N/c1-2-3-4-5-10-17-12-8-6-11(7-9-12)13(14,15)16/h6-9,17H,2-5,10H2,1H3. The van der Waals surface area contributed by atoms with E-state index in [1.165, 1.54) is 25.0 Å². The normalized spacial score (nSPS) is 11.5. The highest BCUT2D eigenvalue weighted by atomic mass is 19.4. The molecular weight excluding hydrogens is 227 g/mol. The number of benzene rings is 1. The Morgan fingerprint density at radius 2 is 1.65 bits per heavy atom. The Kier molecular flexibility index (Phi) is 5.32. The van der Waals surface area contributed by atoms with Gasteiger partial charge in [-0.3, -0.25) is 0 Å². The van der Waals surface area contributed by atoms with Gasteiger partial charge in [0.2, 0.25) is 0 Å². The number of anilines is 1. The van der Waals surface area contributed by atoms with E-state index in [9.17, 15) is 13.2 Å². The second-order valence-electron chi connectivity index (χ2n) is 4.06. The molecule has 0 saturated carbocycles. The maximum Gasteiger partial charge on any atom is 0.416 e. The third-order valence-corrected chi connectivity index (χ3v) is 2.57. The third-order valence-electron chi connectivity index (χ3n) is 2.57. The highest BCUT2D eigenvalue weighted by Crippen LogP contribution is 2.29. The molecule has 1 nitrogen and oxygen atoms in total. The van der Waals surface area contributed by atoms with Crippen LogP contribution in [0.3, 0.4) is 0 Å². The van der Waals surface area contributed by atoms with E-state index in [1.807, 2.05) is 0 Å². The van der Waals surface area contributed by atoms with Gasteiger partial charge in [-0.2, -0.15) is 13.2 Å². The average Bonchev–Trinajstić information content (AvgIpc) is 2.28. The largest absolute Gasteiger partial charge is 0.416 e. The number of rotatable bonds is 6. The first-order valence-electron chi connectivity index (χ1n) is 5.95. The van der Waals surface area contributed by atoms with Crippen molar-refractivity contribution in [3.8, 4) is 0 Å². The van der Waals surface area contributed by atoms with Crippen molar-refractivity contribution in [3.05, 3.63) is 29.8 Å². The number of halogens is 3. The number of hydrogen-bond acceptors (Lipinski definition) is 1. The molecule has 0 heterocycles. The van der Waals surface area contributed by atoms with Gasteiger partial charge in [0.15, 0.2) is 0 Å². The molecule has 1 N–H and O–H groups in total. The Hall–Kier alpha value is -1.19. The van der Waals surface area contributed by atoms with Gasteiger partial charge in [0.25, 0.3) is 0 Å². The van der Waals surface area contributed by atoms with Crippen LogP contribution in [-0.4, -0.2) is 6.54 Å². The number of nitrogens with one attached hydrogen (secondary N) is 1. The van der Waals surface area contributed by atoms with Gasteiger partial charge in [0, 0.05) is 12.2 Å². The lowest BCUT2D eigenvalue weighted by Gasteiger charge is -2.09. The Balaban J connectivity index is 2.36. The molecule has 0 amide bonds. The molecule has 1 aromatic carbocycles. The van der Waals surface area contributed by atoms with E-state index in [4.69, 9.17) is 0 Å². The van der Waals surface area contributed by atoms with Crippen molar-refractivity contribution in [2.45, 2.75) is 38.8 Å². The van der Waals surface area contributed by atoms with E-state index in [-0.39, 0.29) is 0 Å². The van der Waals surface area contributed by atoms with E-state index in [1.54, 1.807) is 0 Å². The van der Waals surface area contributed by atoms with Crippen LogP contribution in [0.1, 0.15) is 38.2 Å². The van der Waals surface area contributed by atoms with Gasteiger partial charge in [-0.25, -0.2) is 0 Å². The summed E-state index contributed by atoms with van der Waals surface area (Å²) in [6.07, 6.45) is 0.341. The Labute approximate surface area is 100 Å². The molecule has 0 aliphatic rings. The van der Waals surface area contributed by atoms with E-state index in [2.05, 4.69) is 12.2 Å². The summed E-state index contributed by atoms with van der Waals surface area (Å²) in [5, 5.41) is 3.11. The monoisotopic (exact) mass is 245 g/mol. The molecule has 0 aliphatic carbocycles. The quantitative estimate of drug-likeness (QED) is 0.716. The van der Waals surface area contributed by atoms with Gasteiger partial charge in [-0.1, -0.05) is 26.2 Å². The Morgan fingerprint density at radius 3 is 2.18 bits per heavy atom. The Bertz CT molecular complexity index is 316. The molecule has 4 heteroatoms. The molecule has 0 bridgehead atoms. The topological polar surface area (TPSA) is 12.0 Å². The molecule has 0 spiro atoms. The van der Waals surface area contributed by atoms with Crippen LogP contribution in [0.4, 0.5) is 18.9 Å². The molecule has 0 saturated heterocycles. The lowest BCUT2D eigenvalue weighted by atomic mass is 10.2. The van der Waals surface area contributed by atoms with Crippen molar-refractivity contribution >= 4 is 5.69 Å². The van der Waals surface area contributed by atoms with Gasteiger partial charge in [0.1, 0.15) is 0 Å². The van der Waals surface area contributed by atoms with E-state index in [0.29, 0.717) is 0 Å². The summed E-state index contributed by atoms with van der Waals surface area (Å²) in [6.45, 7) is 2.95. The fourth-order valence-corrected chi connectivity index (χ4v) is 1.56. The van der Waals surface area contributed by atoms with Crippen LogP contribution in [0.15, 0.2) is 24.3 Å².